The number of oxazole rings is 1. The lowest BCUT2D eigenvalue weighted by atomic mass is 10.2. The summed E-state index contributed by atoms with van der Waals surface area (Å²) in [6.45, 7) is 9.16. The number of furan rings is 1. The van der Waals surface area contributed by atoms with Crippen molar-refractivity contribution >= 4 is 0 Å². The molecular weight excluding hydrogens is 256 g/mol. The maximum absolute atomic E-state index is 9.57. The quantitative estimate of drug-likeness (QED) is 0.880. The van der Waals surface area contributed by atoms with Crippen molar-refractivity contribution in [2.24, 2.45) is 0 Å². The third kappa shape index (κ3) is 3.49. The van der Waals surface area contributed by atoms with E-state index in [2.05, 4.69) is 23.7 Å². The SMILES string of the molecule is Cc1oc(-c2ccco2)nc1CN(C[C@@H](C)O)C(C)C. The fourth-order valence-electron chi connectivity index (χ4n) is 2.07. The summed E-state index contributed by atoms with van der Waals surface area (Å²) >= 11 is 0. The second-order valence-electron chi connectivity index (χ2n) is 5.37. The smallest absolute Gasteiger partial charge is 0.263 e. The number of aromatic nitrogens is 1. The normalized spacial score (nSPS) is 13.3. The van der Waals surface area contributed by atoms with Gasteiger partial charge in [0.1, 0.15) is 5.76 Å². The van der Waals surface area contributed by atoms with E-state index in [1.807, 2.05) is 19.1 Å². The number of nitrogens with zero attached hydrogens (tertiary/aromatic N) is 2. The summed E-state index contributed by atoms with van der Waals surface area (Å²) < 4.78 is 10.9. The molecule has 0 saturated carbocycles. The van der Waals surface area contributed by atoms with Crippen LogP contribution in [0.1, 0.15) is 32.2 Å². The Morgan fingerprint density at radius 2 is 2.10 bits per heavy atom. The number of hydrogen-bond acceptors (Lipinski definition) is 5. The van der Waals surface area contributed by atoms with Crippen LogP contribution >= 0.6 is 0 Å². The van der Waals surface area contributed by atoms with Crippen LogP contribution in [0.4, 0.5) is 0 Å². The molecule has 2 aromatic rings. The van der Waals surface area contributed by atoms with Crippen molar-refractivity contribution in [3.63, 3.8) is 0 Å². The second kappa shape index (κ2) is 6.24. The Hall–Kier alpha value is -1.59. The molecule has 0 amide bonds. The van der Waals surface area contributed by atoms with E-state index in [0.29, 0.717) is 30.8 Å². The summed E-state index contributed by atoms with van der Waals surface area (Å²) in [6.07, 6.45) is 1.23. The zero-order chi connectivity index (χ0) is 14.7. The van der Waals surface area contributed by atoms with Gasteiger partial charge in [0.05, 0.1) is 18.1 Å². The molecule has 110 valence electrons. The topological polar surface area (TPSA) is 62.6 Å². The monoisotopic (exact) mass is 278 g/mol. The number of aliphatic hydroxyl groups excluding tert-OH is 1. The molecule has 2 heterocycles. The predicted octanol–water partition coefficient (Wildman–Crippen LogP) is 2.83. The van der Waals surface area contributed by atoms with Gasteiger partial charge in [0, 0.05) is 19.1 Å². The lowest BCUT2D eigenvalue weighted by Crippen LogP contribution is -2.36. The van der Waals surface area contributed by atoms with Gasteiger partial charge in [-0.05, 0) is 39.8 Å². The summed E-state index contributed by atoms with van der Waals surface area (Å²) in [6, 6.07) is 3.96. The summed E-state index contributed by atoms with van der Waals surface area (Å²) in [7, 11) is 0. The summed E-state index contributed by atoms with van der Waals surface area (Å²) in [5, 5.41) is 9.57. The number of rotatable bonds is 6. The Bertz CT molecular complexity index is 529. The molecule has 0 aliphatic carbocycles. The van der Waals surface area contributed by atoms with Crippen LogP contribution in [0.3, 0.4) is 0 Å². The standard InChI is InChI=1S/C15H22N2O3/c1-10(2)17(8-11(3)18)9-13-12(4)20-15(16-13)14-6-5-7-19-14/h5-7,10-11,18H,8-9H2,1-4H3/t11-/m1/s1. The molecule has 0 fully saturated rings. The Morgan fingerprint density at radius 1 is 1.35 bits per heavy atom. The molecular formula is C15H22N2O3. The van der Waals surface area contributed by atoms with Gasteiger partial charge >= 0.3 is 0 Å². The summed E-state index contributed by atoms with van der Waals surface area (Å²) in [4.78, 5) is 6.67. The van der Waals surface area contributed by atoms with Crippen LogP contribution in [0, 0.1) is 6.92 Å². The van der Waals surface area contributed by atoms with E-state index in [0.717, 1.165) is 11.5 Å². The summed E-state index contributed by atoms with van der Waals surface area (Å²) in [5.41, 5.74) is 0.880. The molecule has 20 heavy (non-hydrogen) atoms. The zero-order valence-electron chi connectivity index (χ0n) is 12.5. The van der Waals surface area contributed by atoms with Gasteiger partial charge in [0.2, 0.25) is 0 Å². The Balaban J connectivity index is 2.16. The van der Waals surface area contributed by atoms with E-state index in [4.69, 9.17) is 8.83 Å². The first-order chi connectivity index (χ1) is 9.47. The first-order valence-electron chi connectivity index (χ1n) is 6.89. The highest BCUT2D eigenvalue weighted by atomic mass is 16.4. The van der Waals surface area contributed by atoms with Crippen LogP contribution in [0.5, 0.6) is 0 Å². The second-order valence-corrected chi connectivity index (χ2v) is 5.37. The van der Waals surface area contributed by atoms with E-state index < -0.39 is 0 Å². The van der Waals surface area contributed by atoms with Gasteiger partial charge in [-0.3, -0.25) is 4.90 Å². The van der Waals surface area contributed by atoms with Crippen LogP contribution in [-0.4, -0.2) is 33.7 Å². The molecule has 2 rings (SSSR count). The lowest BCUT2D eigenvalue weighted by molar-refractivity contribution is 0.102. The first-order valence-corrected chi connectivity index (χ1v) is 6.89. The summed E-state index contributed by atoms with van der Waals surface area (Å²) in [5.74, 6) is 1.92. The highest BCUT2D eigenvalue weighted by Crippen LogP contribution is 2.23. The maximum Gasteiger partial charge on any atom is 0.263 e. The van der Waals surface area contributed by atoms with Crippen molar-refractivity contribution in [2.45, 2.75) is 46.4 Å². The van der Waals surface area contributed by atoms with Gasteiger partial charge in [-0.25, -0.2) is 4.98 Å². The van der Waals surface area contributed by atoms with Crippen LogP contribution < -0.4 is 0 Å². The Kier molecular flexibility index (Phi) is 4.62. The molecule has 2 aromatic heterocycles. The number of hydrogen-bond donors (Lipinski definition) is 1. The average Bonchev–Trinajstić information content (AvgIpc) is 2.98. The minimum atomic E-state index is -0.367. The van der Waals surface area contributed by atoms with E-state index >= 15 is 0 Å². The minimum absolute atomic E-state index is 0.327. The molecule has 0 aromatic carbocycles. The number of aryl methyl sites for hydroxylation is 1. The molecule has 0 spiro atoms. The average molecular weight is 278 g/mol. The fraction of sp³-hybridized carbons (Fsp3) is 0.533. The minimum Gasteiger partial charge on any atom is -0.459 e. The number of aliphatic hydroxyl groups is 1. The van der Waals surface area contributed by atoms with Gasteiger partial charge in [-0.1, -0.05) is 0 Å². The molecule has 0 unspecified atom stereocenters. The van der Waals surface area contributed by atoms with Crippen molar-refractivity contribution in [1.29, 1.82) is 0 Å². The van der Waals surface area contributed by atoms with Crippen LogP contribution in [0.2, 0.25) is 0 Å². The fourth-order valence-corrected chi connectivity index (χ4v) is 2.07. The Labute approximate surface area is 119 Å². The first kappa shape index (κ1) is 14.8. The van der Waals surface area contributed by atoms with Gasteiger partial charge < -0.3 is 13.9 Å². The third-order valence-corrected chi connectivity index (χ3v) is 3.21. The maximum atomic E-state index is 9.57. The highest BCUT2D eigenvalue weighted by Gasteiger charge is 2.18. The largest absolute Gasteiger partial charge is 0.459 e. The van der Waals surface area contributed by atoms with Crippen molar-refractivity contribution in [2.75, 3.05) is 6.54 Å². The zero-order valence-corrected chi connectivity index (χ0v) is 12.5. The van der Waals surface area contributed by atoms with Gasteiger partial charge in [0.15, 0.2) is 5.76 Å². The van der Waals surface area contributed by atoms with Gasteiger partial charge in [-0.15, -0.1) is 0 Å². The van der Waals surface area contributed by atoms with Gasteiger partial charge in [-0.2, -0.15) is 0 Å². The van der Waals surface area contributed by atoms with Crippen molar-refractivity contribution in [1.82, 2.24) is 9.88 Å². The van der Waals surface area contributed by atoms with E-state index in [1.165, 1.54) is 0 Å². The molecule has 5 nitrogen and oxygen atoms in total. The van der Waals surface area contributed by atoms with E-state index in [1.54, 1.807) is 13.2 Å². The molecule has 0 saturated heterocycles. The van der Waals surface area contributed by atoms with Crippen molar-refractivity contribution in [3.8, 4) is 11.7 Å². The predicted molar refractivity (Wildman–Crippen MR) is 76.2 cm³/mol. The highest BCUT2D eigenvalue weighted by molar-refractivity contribution is 5.44. The molecule has 0 radical (unpaired) electrons. The van der Waals surface area contributed by atoms with Crippen LogP contribution in [-0.2, 0) is 6.54 Å². The molecule has 1 atom stereocenters. The molecule has 0 aliphatic heterocycles. The lowest BCUT2D eigenvalue weighted by Gasteiger charge is -2.26. The Morgan fingerprint density at radius 3 is 2.65 bits per heavy atom. The van der Waals surface area contributed by atoms with E-state index in [9.17, 15) is 5.11 Å². The molecule has 5 heteroatoms. The third-order valence-electron chi connectivity index (χ3n) is 3.21. The van der Waals surface area contributed by atoms with E-state index in [-0.39, 0.29) is 6.10 Å². The molecule has 1 N–H and O–H groups in total. The van der Waals surface area contributed by atoms with Crippen molar-refractivity contribution in [3.05, 3.63) is 29.9 Å². The van der Waals surface area contributed by atoms with Crippen LogP contribution in [0.25, 0.3) is 11.7 Å². The molecule has 0 aliphatic rings. The molecule has 0 bridgehead atoms. The van der Waals surface area contributed by atoms with Crippen LogP contribution in [0.15, 0.2) is 27.2 Å². The van der Waals surface area contributed by atoms with Crippen molar-refractivity contribution < 1.29 is 13.9 Å². The van der Waals surface area contributed by atoms with Gasteiger partial charge in [0.25, 0.3) is 5.89 Å².